The predicted molar refractivity (Wildman–Crippen MR) is 86.7 cm³/mol. The molecule has 4 heteroatoms. The molecule has 22 heavy (non-hydrogen) atoms. The topological polar surface area (TPSA) is 62.2 Å². The second kappa shape index (κ2) is 7.71. The minimum atomic E-state index is -0.128. The lowest BCUT2D eigenvalue weighted by atomic mass is 10.0. The van der Waals surface area contributed by atoms with Gasteiger partial charge in [-0.1, -0.05) is 30.3 Å². The van der Waals surface area contributed by atoms with Crippen LogP contribution in [0.3, 0.4) is 0 Å². The minimum absolute atomic E-state index is 0.110. The Morgan fingerprint density at radius 3 is 2.55 bits per heavy atom. The second-order valence-electron chi connectivity index (χ2n) is 5.39. The van der Waals surface area contributed by atoms with Crippen LogP contribution in [0.25, 0.3) is 0 Å². The zero-order valence-electron chi connectivity index (χ0n) is 13.0. The number of benzene rings is 1. The first kappa shape index (κ1) is 16.2. The molecule has 2 rings (SSSR count). The Kier molecular flexibility index (Phi) is 5.67. The quantitative estimate of drug-likeness (QED) is 0.862. The molecular formula is C18H22N2O2. The molecule has 0 aliphatic heterocycles. The van der Waals surface area contributed by atoms with Gasteiger partial charge in [0.2, 0.25) is 0 Å². The average Bonchev–Trinajstić information content (AvgIpc) is 2.52. The van der Waals surface area contributed by atoms with Gasteiger partial charge in [0.05, 0.1) is 17.3 Å². The van der Waals surface area contributed by atoms with Gasteiger partial charge in [-0.2, -0.15) is 0 Å². The van der Waals surface area contributed by atoms with Crippen LogP contribution in [0.2, 0.25) is 0 Å². The lowest BCUT2D eigenvalue weighted by Crippen LogP contribution is -2.29. The molecule has 0 radical (unpaired) electrons. The van der Waals surface area contributed by atoms with Crippen LogP contribution in [0.4, 0.5) is 0 Å². The fraction of sp³-hybridized carbons (Fsp3) is 0.333. The first-order valence-electron chi connectivity index (χ1n) is 7.52. The van der Waals surface area contributed by atoms with Crippen molar-refractivity contribution in [2.24, 2.45) is 0 Å². The smallest absolute Gasteiger partial charge is 0.253 e. The SMILES string of the molecule is Cc1ccc(C(=O)NC(CCCO)c2ccccc2)c(C)n1. The fourth-order valence-electron chi connectivity index (χ4n) is 2.47. The molecule has 1 unspecified atom stereocenters. The summed E-state index contributed by atoms with van der Waals surface area (Å²) in [6, 6.07) is 13.4. The Balaban J connectivity index is 2.17. The number of hydrogen-bond acceptors (Lipinski definition) is 3. The summed E-state index contributed by atoms with van der Waals surface area (Å²) < 4.78 is 0. The molecule has 1 atom stereocenters. The summed E-state index contributed by atoms with van der Waals surface area (Å²) in [5.74, 6) is -0.128. The third kappa shape index (κ3) is 4.15. The van der Waals surface area contributed by atoms with Crippen molar-refractivity contribution in [2.45, 2.75) is 32.7 Å². The minimum Gasteiger partial charge on any atom is -0.396 e. The summed E-state index contributed by atoms with van der Waals surface area (Å²) >= 11 is 0. The van der Waals surface area contributed by atoms with Crippen LogP contribution in [-0.4, -0.2) is 22.6 Å². The highest BCUT2D eigenvalue weighted by Gasteiger charge is 2.17. The number of pyridine rings is 1. The number of aryl methyl sites for hydroxylation is 2. The third-order valence-corrected chi connectivity index (χ3v) is 3.63. The molecule has 0 fully saturated rings. The lowest BCUT2D eigenvalue weighted by Gasteiger charge is -2.19. The highest BCUT2D eigenvalue weighted by atomic mass is 16.3. The molecule has 0 saturated heterocycles. The van der Waals surface area contributed by atoms with Gasteiger partial charge < -0.3 is 10.4 Å². The van der Waals surface area contributed by atoms with Gasteiger partial charge in [-0.3, -0.25) is 9.78 Å². The largest absolute Gasteiger partial charge is 0.396 e. The van der Waals surface area contributed by atoms with Crippen LogP contribution in [-0.2, 0) is 0 Å². The normalized spacial score (nSPS) is 12.0. The number of nitrogens with one attached hydrogen (secondary N) is 1. The van der Waals surface area contributed by atoms with E-state index in [9.17, 15) is 4.79 Å². The number of rotatable bonds is 6. The van der Waals surface area contributed by atoms with Gasteiger partial charge in [0.15, 0.2) is 0 Å². The summed E-state index contributed by atoms with van der Waals surface area (Å²) in [4.78, 5) is 16.8. The number of aliphatic hydroxyl groups is 1. The van der Waals surface area contributed by atoms with Gasteiger partial charge in [0.1, 0.15) is 0 Å². The molecule has 0 saturated carbocycles. The second-order valence-corrected chi connectivity index (χ2v) is 5.39. The number of nitrogens with zero attached hydrogens (tertiary/aromatic N) is 1. The van der Waals surface area contributed by atoms with E-state index in [4.69, 9.17) is 5.11 Å². The monoisotopic (exact) mass is 298 g/mol. The van der Waals surface area contributed by atoms with E-state index < -0.39 is 0 Å². The predicted octanol–water partition coefficient (Wildman–Crippen LogP) is 2.94. The third-order valence-electron chi connectivity index (χ3n) is 3.63. The number of aliphatic hydroxyl groups excluding tert-OH is 1. The zero-order valence-corrected chi connectivity index (χ0v) is 13.0. The maximum absolute atomic E-state index is 12.5. The Labute approximate surface area is 131 Å². The highest BCUT2D eigenvalue weighted by molar-refractivity contribution is 5.95. The zero-order chi connectivity index (χ0) is 15.9. The van der Waals surface area contributed by atoms with Crippen LogP contribution in [0.15, 0.2) is 42.5 Å². The number of aromatic nitrogens is 1. The molecule has 1 heterocycles. The van der Waals surface area contributed by atoms with Crippen molar-refractivity contribution in [3.63, 3.8) is 0 Å². The van der Waals surface area contributed by atoms with E-state index in [1.807, 2.05) is 50.2 Å². The van der Waals surface area contributed by atoms with Gasteiger partial charge in [-0.05, 0) is 44.4 Å². The first-order valence-corrected chi connectivity index (χ1v) is 7.52. The van der Waals surface area contributed by atoms with Crippen LogP contribution < -0.4 is 5.32 Å². The van der Waals surface area contributed by atoms with Crippen molar-refractivity contribution in [3.8, 4) is 0 Å². The summed E-state index contributed by atoms with van der Waals surface area (Å²) in [5, 5.41) is 12.1. The highest BCUT2D eigenvalue weighted by Crippen LogP contribution is 2.19. The summed E-state index contributed by atoms with van der Waals surface area (Å²) in [6.45, 7) is 3.86. The van der Waals surface area contributed by atoms with E-state index in [1.165, 1.54) is 0 Å². The van der Waals surface area contributed by atoms with Gasteiger partial charge in [-0.25, -0.2) is 0 Å². The lowest BCUT2D eigenvalue weighted by molar-refractivity contribution is 0.0931. The number of carbonyl (C=O) groups is 1. The molecule has 0 bridgehead atoms. The van der Waals surface area contributed by atoms with Crippen molar-refractivity contribution in [2.75, 3.05) is 6.61 Å². The van der Waals surface area contributed by atoms with E-state index in [0.717, 1.165) is 17.0 Å². The van der Waals surface area contributed by atoms with E-state index in [2.05, 4.69) is 10.3 Å². The van der Waals surface area contributed by atoms with E-state index >= 15 is 0 Å². The van der Waals surface area contributed by atoms with Gasteiger partial charge in [0.25, 0.3) is 5.91 Å². The van der Waals surface area contributed by atoms with Crippen molar-refractivity contribution in [3.05, 3.63) is 65.0 Å². The average molecular weight is 298 g/mol. The summed E-state index contributed by atoms with van der Waals surface area (Å²) in [7, 11) is 0. The molecule has 1 amide bonds. The van der Waals surface area contributed by atoms with Crippen LogP contribution in [0.1, 0.15) is 46.2 Å². The molecule has 0 aliphatic rings. The van der Waals surface area contributed by atoms with Crippen molar-refractivity contribution in [1.82, 2.24) is 10.3 Å². The molecule has 2 N–H and O–H groups in total. The Morgan fingerprint density at radius 1 is 1.18 bits per heavy atom. The maximum Gasteiger partial charge on any atom is 0.253 e. The van der Waals surface area contributed by atoms with Gasteiger partial charge in [0, 0.05) is 12.3 Å². The van der Waals surface area contributed by atoms with Crippen LogP contribution in [0.5, 0.6) is 0 Å². The van der Waals surface area contributed by atoms with E-state index in [0.29, 0.717) is 18.4 Å². The van der Waals surface area contributed by atoms with Crippen LogP contribution in [0, 0.1) is 13.8 Å². The molecule has 0 spiro atoms. The maximum atomic E-state index is 12.5. The molecule has 4 nitrogen and oxygen atoms in total. The Morgan fingerprint density at radius 2 is 1.91 bits per heavy atom. The Hall–Kier alpha value is -2.20. The van der Waals surface area contributed by atoms with Crippen LogP contribution >= 0.6 is 0 Å². The number of carbonyl (C=O) groups excluding carboxylic acids is 1. The molecule has 1 aromatic heterocycles. The molecule has 2 aromatic rings. The van der Waals surface area contributed by atoms with Crippen molar-refractivity contribution in [1.29, 1.82) is 0 Å². The molecule has 1 aromatic carbocycles. The summed E-state index contributed by atoms with van der Waals surface area (Å²) in [5.41, 5.74) is 3.26. The fourth-order valence-corrected chi connectivity index (χ4v) is 2.47. The number of amides is 1. The van der Waals surface area contributed by atoms with Gasteiger partial charge in [-0.15, -0.1) is 0 Å². The van der Waals surface area contributed by atoms with E-state index in [-0.39, 0.29) is 18.6 Å². The molecule has 116 valence electrons. The molecule has 0 aliphatic carbocycles. The standard InChI is InChI=1S/C18H22N2O2/c1-13-10-11-16(14(2)19-13)18(22)20-17(9-6-12-21)15-7-4-3-5-8-15/h3-5,7-8,10-11,17,21H,6,9,12H2,1-2H3,(H,20,22). The van der Waals surface area contributed by atoms with Gasteiger partial charge >= 0.3 is 0 Å². The van der Waals surface area contributed by atoms with Crippen molar-refractivity contribution >= 4 is 5.91 Å². The van der Waals surface area contributed by atoms with E-state index in [1.54, 1.807) is 6.07 Å². The summed E-state index contributed by atoms with van der Waals surface area (Å²) in [6.07, 6.45) is 1.34. The number of hydrogen-bond donors (Lipinski definition) is 2. The van der Waals surface area contributed by atoms with Crippen molar-refractivity contribution < 1.29 is 9.90 Å². The first-order chi connectivity index (χ1) is 10.6. The Bertz CT molecular complexity index is 626. The molecular weight excluding hydrogens is 276 g/mol.